The molecule has 0 saturated carbocycles. The van der Waals surface area contributed by atoms with Crippen LogP contribution in [0.15, 0.2) is 24.3 Å². The molecule has 1 aliphatic heterocycles. The first-order valence-electron chi connectivity index (χ1n) is 7.30. The summed E-state index contributed by atoms with van der Waals surface area (Å²) in [5.74, 6) is 1.23. The number of hydrogen-bond acceptors (Lipinski definition) is 3. The second-order valence-corrected chi connectivity index (χ2v) is 6.81. The van der Waals surface area contributed by atoms with Gasteiger partial charge in [0.1, 0.15) is 0 Å². The molecule has 1 aliphatic rings. The van der Waals surface area contributed by atoms with E-state index in [-0.39, 0.29) is 5.91 Å². The van der Waals surface area contributed by atoms with Gasteiger partial charge in [0.2, 0.25) is 0 Å². The summed E-state index contributed by atoms with van der Waals surface area (Å²) in [4.78, 5) is 14.9. The van der Waals surface area contributed by atoms with Crippen molar-refractivity contribution in [2.45, 2.75) is 31.6 Å². The molecule has 1 saturated heterocycles. The van der Waals surface area contributed by atoms with Gasteiger partial charge in [-0.05, 0) is 38.6 Å². The molecule has 20 heavy (non-hydrogen) atoms. The van der Waals surface area contributed by atoms with E-state index in [1.807, 2.05) is 41.9 Å². The Morgan fingerprint density at radius 3 is 2.90 bits per heavy atom. The number of rotatable bonds is 4. The molecule has 2 unspecified atom stereocenters. The van der Waals surface area contributed by atoms with E-state index in [1.165, 1.54) is 0 Å². The molecular formula is C16H24N2OS. The van der Waals surface area contributed by atoms with Crippen LogP contribution in [0.2, 0.25) is 0 Å². The molecule has 2 atom stereocenters. The number of likely N-dealkylation sites (N-methyl/N-ethyl adjacent to an activating group) is 1. The van der Waals surface area contributed by atoms with E-state index in [0.29, 0.717) is 11.3 Å². The fourth-order valence-electron chi connectivity index (χ4n) is 2.58. The largest absolute Gasteiger partial charge is 0.334 e. The van der Waals surface area contributed by atoms with Gasteiger partial charge >= 0.3 is 0 Å². The van der Waals surface area contributed by atoms with E-state index in [1.54, 1.807) is 0 Å². The molecule has 4 heteroatoms. The summed E-state index contributed by atoms with van der Waals surface area (Å²) in [7, 11) is 1.94. The third kappa shape index (κ3) is 3.36. The van der Waals surface area contributed by atoms with Crippen LogP contribution in [0.25, 0.3) is 0 Å². The van der Waals surface area contributed by atoms with Crippen LogP contribution in [-0.2, 0) is 6.42 Å². The third-order valence-electron chi connectivity index (χ3n) is 4.04. The molecule has 1 aromatic rings. The van der Waals surface area contributed by atoms with E-state index in [9.17, 15) is 4.79 Å². The van der Waals surface area contributed by atoms with E-state index in [2.05, 4.69) is 25.2 Å². The Hall–Kier alpha value is -1.00. The molecule has 3 nitrogen and oxygen atoms in total. The minimum atomic E-state index is 0.191. The van der Waals surface area contributed by atoms with Crippen LogP contribution in [0.5, 0.6) is 0 Å². The highest BCUT2D eigenvalue weighted by molar-refractivity contribution is 8.00. The average Bonchev–Trinajstić information content (AvgIpc) is 2.47. The second-order valence-electron chi connectivity index (χ2n) is 5.33. The highest BCUT2D eigenvalue weighted by Crippen LogP contribution is 2.26. The van der Waals surface area contributed by atoms with Crippen molar-refractivity contribution < 1.29 is 4.79 Å². The van der Waals surface area contributed by atoms with Crippen molar-refractivity contribution in [2.75, 3.05) is 25.9 Å². The Labute approximate surface area is 126 Å². The van der Waals surface area contributed by atoms with Crippen LogP contribution in [0.3, 0.4) is 0 Å². The SMILES string of the molecule is CNCCc1ccccc1C(=O)N1CCSC(C)C1C. The van der Waals surface area contributed by atoms with E-state index < -0.39 is 0 Å². The number of amides is 1. The quantitative estimate of drug-likeness (QED) is 0.925. The molecule has 2 rings (SSSR count). The first-order chi connectivity index (χ1) is 9.65. The van der Waals surface area contributed by atoms with Crippen LogP contribution < -0.4 is 5.32 Å². The topological polar surface area (TPSA) is 32.3 Å². The monoisotopic (exact) mass is 292 g/mol. The lowest BCUT2D eigenvalue weighted by Gasteiger charge is -2.37. The minimum absolute atomic E-state index is 0.191. The lowest BCUT2D eigenvalue weighted by atomic mass is 10.0. The van der Waals surface area contributed by atoms with Crippen molar-refractivity contribution in [3.63, 3.8) is 0 Å². The van der Waals surface area contributed by atoms with Gasteiger partial charge in [0.25, 0.3) is 5.91 Å². The third-order valence-corrected chi connectivity index (χ3v) is 5.37. The first kappa shape index (κ1) is 15.4. The summed E-state index contributed by atoms with van der Waals surface area (Å²) in [5.41, 5.74) is 2.01. The van der Waals surface area contributed by atoms with Crippen LogP contribution >= 0.6 is 11.8 Å². The van der Waals surface area contributed by atoms with Gasteiger partial charge in [-0.1, -0.05) is 25.1 Å². The number of thioether (sulfide) groups is 1. The molecule has 1 aromatic carbocycles. The summed E-state index contributed by atoms with van der Waals surface area (Å²) in [6.07, 6.45) is 0.894. The summed E-state index contributed by atoms with van der Waals surface area (Å²) >= 11 is 1.96. The number of nitrogens with zero attached hydrogens (tertiary/aromatic N) is 1. The van der Waals surface area contributed by atoms with Crippen molar-refractivity contribution in [3.05, 3.63) is 35.4 Å². The molecule has 1 heterocycles. The van der Waals surface area contributed by atoms with Crippen molar-refractivity contribution in [1.29, 1.82) is 0 Å². The fourth-order valence-corrected chi connectivity index (χ4v) is 3.68. The van der Waals surface area contributed by atoms with Crippen molar-refractivity contribution in [3.8, 4) is 0 Å². The Balaban J connectivity index is 2.19. The molecule has 0 aromatic heterocycles. The summed E-state index contributed by atoms with van der Waals surface area (Å²) in [6, 6.07) is 8.31. The van der Waals surface area contributed by atoms with Crippen LogP contribution in [-0.4, -0.2) is 48.0 Å². The summed E-state index contributed by atoms with van der Waals surface area (Å²) in [5, 5.41) is 3.66. The molecule has 1 amide bonds. The summed E-state index contributed by atoms with van der Waals surface area (Å²) in [6.45, 7) is 6.12. The predicted molar refractivity (Wildman–Crippen MR) is 86.5 cm³/mol. The van der Waals surface area contributed by atoms with Crippen molar-refractivity contribution >= 4 is 17.7 Å². The van der Waals surface area contributed by atoms with Gasteiger partial charge in [0, 0.05) is 29.2 Å². The van der Waals surface area contributed by atoms with Gasteiger partial charge in [-0.25, -0.2) is 0 Å². The highest BCUT2D eigenvalue weighted by atomic mass is 32.2. The smallest absolute Gasteiger partial charge is 0.254 e. The molecule has 1 fully saturated rings. The Kier molecular flexibility index (Phi) is 5.49. The fraction of sp³-hybridized carbons (Fsp3) is 0.562. The highest BCUT2D eigenvalue weighted by Gasteiger charge is 2.30. The maximum Gasteiger partial charge on any atom is 0.254 e. The zero-order valence-electron chi connectivity index (χ0n) is 12.6. The lowest BCUT2D eigenvalue weighted by Crippen LogP contribution is -2.48. The zero-order chi connectivity index (χ0) is 14.5. The number of carbonyl (C=O) groups excluding carboxylic acids is 1. The molecule has 0 bridgehead atoms. The molecule has 0 spiro atoms. The van der Waals surface area contributed by atoms with E-state index in [0.717, 1.165) is 36.4 Å². The Morgan fingerprint density at radius 2 is 2.15 bits per heavy atom. The molecule has 0 aliphatic carbocycles. The van der Waals surface area contributed by atoms with Gasteiger partial charge in [0.05, 0.1) is 0 Å². The molecule has 1 N–H and O–H groups in total. The van der Waals surface area contributed by atoms with Gasteiger partial charge < -0.3 is 10.2 Å². The van der Waals surface area contributed by atoms with E-state index >= 15 is 0 Å². The normalized spacial score (nSPS) is 22.9. The number of benzene rings is 1. The van der Waals surface area contributed by atoms with E-state index in [4.69, 9.17) is 0 Å². The second kappa shape index (κ2) is 7.14. The van der Waals surface area contributed by atoms with Gasteiger partial charge in [-0.2, -0.15) is 11.8 Å². The van der Waals surface area contributed by atoms with Crippen LogP contribution in [0, 0.1) is 0 Å². The Morgan fingerprint density at radius 1 is 1.40 bits per heavy atom. The number of hydrogen-bond donors (Lipinski definition) is 1. The van der Waals surface area contributed by atoms with Crippen LogP contribution in [0.1, 0.15) is 29.8 Å². The molecule has 0 radical (unpaired) electrons. The van der Waals surface area contributed by atoms with Gasteiger partial charge in [-0.3, -0.25) is 4.79 Å². The standard InChI is InChI=1S/C16H24N2OS/c1-12-13(2)20-11-10-18(12)16(19)15-7-5-4-6-14(15)8-9-17-3/h4-7,12-13,17H,8-11H2,1-3H3. The minimum Gasteiger partial charge on any atom is -0.334 e. The summed E-state index contributed by atoms with van der Waals surface area (Å²) < 4.78 is 0. The maximum atomic E-state index is 12.8. The average molecular weight is 292 g/mol. The molecule has 110 valence electrons. The maximum absolute atomic E-state index is 12.8. The predicted octanol–water partition coefficient (Wildman–Crippen LogP) is 2.41. The Bertz CT molecular complexity index is 464. The first-order valence-corrected chi connectivity index (χ1v) is 8.35. The zero-order valence-corrected chi connectivity index (χ0v) is 13.4. The van der Waals surface area contributed by atoms with Crippen molar-refractivity contribution in [1.82, 2.24) is 10.2 Å². The molecular weight excluding hydrogens is 268 g/mol. The lowest BCUT2D eigenvalue weighted by molar-refractivity contribution is 0.0697. The van der Waals surface area contributed by atoms with Crippen LogP contribution in [0.4, 0.5) is 0 Å². The van der Waals surface area contributed by atoms with Gasteiger partial charge in [0.15, 0.2) is 0 Å². The van der Waals surface area contributed by atoms with Gasteiger partial charge in [-0.15, -0.1) is 0 Å². The number of nitrogens with one attached hydrogen (secondary N) is 1. The van der Waals surface area contributed by atoms with Crippen molar-refractivity contribution in [2.24, 2.45) is 0 Å². The number of carbonyl (C=O) groups is 1.